The van der Waals surface area contributed by atoms with Crippen LogP contribution in [0, 0.1) is 5.41 Å². The molecule has 0 saturated carbocycles. The summed E-state index contributed by atoms with van der Waals surface area (Å²) in [5.74, 6) is 0.222. The van der Waals surface area contributed by atoms with Crippen molar-refractivity contribution in [3.05, 3.63) is 0 Å². The first-order valence-electron chi connectivity index (χ1n) is 5.39. The van der Waals surface area contributed by atoms with E-state index in [4.69, 9.17) is 0 Å². The summed E-state index contributed by atoms with van der Waals surface area (Å²) < 4.78 is 0.216. The summed E-state index contributed by atoms with van der Waals surface area (Å²) in [6.07, 6.45) is 3.14. The molecule has 1 atom stereocenters. The van der Waals surface area contributed by atoms with Crippen molar-refractivity contribution in [3.63, 3.8) is 0 Å². The van der Waals surface area contributed by atoms with Gasteiger partial charge in [-0.3, -0.25) is 4.79 Å². The Morgan fingerprint density at radius 2 is 1.80 bits per heavy atom. The first kappa shape index (κ1) is 15.0. The highest BCUT2D eigenvalue weighted by Gasteiger charge is 2.36. The predicted octanol–water partition coefficient (Wildman–Crippen LogP) is 2.72. The molecule has 0 amide bonds. The van der Waals surface area contributed by atoms with Crippen molar-refractivity contribution in [2.75, 3.05) is 13.3 Å². The van der Waals surface area contributed by atoms with Crippen LogP contribution in [0.25, 0.3) is 0 Å². The van der Waals surface area contributed by atoms with Gasteiger partial charge < -0.3 is 5.32 Å². The number of likely N-dealkylation sites (N-methyl/N-ethyl adjacent to an activating group) is 1. The van der Waals surface area contributed by atoms with Crippen LogP contribution in [0.4, 0.5) is 0 Å². The smallest absolute Gasteiger partial charge is 0.147 e. The predicted molar refractivity (Wildman–Crippen MR) is 69.5 cm³/mol. The third-order valence-electron chi connectivity index (χ3n) is 2.91. The second-order valence-electron chi connectivity index (χ2n) is 5.46. The lowest BCUT2D eigenvalue weighted by Gasteiger charge is -2.38. The molecular weight excluding hydrogens is 206 g/mol. The van der Waals surface area contributed by atoms with Crippen LogP contribution in [-0.2, 0) is 4.79 Å². The van der Waals surface area contributed by atoms with E-state index in [1.807, 2.05) is 18.8 Å². The number of carbonyl (C=O) groups is 1. The highest BCUT2D eigenvalue weighted by Crippen LogP contribution is 2.37. The molecule has 0 heterocycles. The lowest BCUT2D eigenvalue weighted by Crippen LogP contribution is -2.47. The van der Waals surface area contributed by atoms with E-state index in [0.29, 0.717) is 0 Å². The standard InChI is InChI=1S/C12H25NOS/c1-9(14)10(13-6)11(2,3)8-12(4,5)15-7/h10,13H,8H2,1-7H3. The number of nitrogens with one attached hydrogen (secondary N) is 1. The highest BCUT2D eigenvalue weighted by atomic mass is 32.2. The van der Waals surface area contributed by atoms with Gasteiger partial charge in [-0.25, -0.2) is 0 Å². The topological polar surface area (TPSA) is 29.1 Å². The van der Waals surface area contributed by atoms with Crippen molar-refractivity contribution in [2.24, 2.45) is 5.41 Å². The zero-order valence-electron chi connectivity index (χ0n) is 11.1. The molecule has 1 unspecified atom stereocenters. The molecule has 0 spiro atoms. The Morgan fingerprint density at radius 1 is 1.33 bits per heavy atom. The third kappa shape index (κ3) is 4.56. The van der Waals surface area contributed by atoms with Gasteiger partial charge in [-0.1, -0.05) is 27.7 Å². The van der Waals surface area contributed by atoms with Crippen LogP contribution in [0.1, 0.15) is 41.0 Å². The molecule has 2 nitrogen and oxygen atoms in total. The summed E-state index contributed by atoms with van der Waals surface area (Å²) in [4.78, 5) is 11.5. The van der Waals surface area contributed by atoms with Crippen LogP contribution >= 0.6 is 11.8 Å². The number of carbonyl (C=O) groups excluding carboxylic acids is 1. The Bertz CT molecular complexity index is 224. The van der Waals surface area contributed by atoms with Gasteiger partial charge in [0.25, 0.3) is 0 Å². The zero-order chi connectivity index (χ0) is 12.3. The maximum absolute atomic E-state index is 11.5. The van der Waals surface area contributed by atoms with E-state index in [9.17, 15) is 4.79 Å². The molecule has 0 rings (SSSR count). The Labute approximate surface area is 98.6 Å². The maximum Gasteiger partial charge on any atom is 0.147 e. The fraction of sp³-hybridized carbons (Fsp3) is 0.917. The molecule has 0 aliphatic heterocycles. The molecule has 0 aromatic heterocycles. The van der Waals surface area contributed by atoms with E-state index < -0.39 is 0 Å². The molecule has 0 saturated heterocycles. The van der Waals surface area contributed by atoms with Crippen LogP contribution in [0.2, 0.25) is 0 Å². The van der Waals surface area contributed by atoms with Gasteiger partial charge in [0.15, 0.2) is 0 Å². The lowest BCUT2D eigenvalue weighted by atomic mass is 9.76. The summed E-state index contributed by atoms with van der Waals surface area (Å²) in [6, 6.07) is -0.0519. The molecule has 1 N–H and O–H groups in total. The van der Waals surface area contributed by atoms with E-state index in [0.717, 1.165) is 6.42 Å². The quantitative estimate of drug-likeness (QED) is 0.762. The number of hydrogen-bond acceptors (Lipinski definition) is 3. The fourth-order valence-corrected chi connectivity index (χ4v) is 2.93. The maximum atomic E-state index is 11.5. The first-order chi connectivity index (χ1) is 6.66. The zero-order valence-corrected chi connectivity index (χ0v) is 11.9. The van der Waals surface area contributed by atoms with Crippen LogP contribution < -0.4 is 5.32 Å². The number of rotatable bonds is 6. The van der Waals surface area contributed by atoms with E-state index in [-0.39, 0.29) is 22.0 Å². The van der Waals surface area contributed by atoms with Gasteiger partial charge in [0.05, 0.1) is 6.04 Å². The Morgan fingerprint density at radius 3 is 2.07 bits per heavy atom. The normalized spacial score (nSPS) is 15.1. The van der Waals surface area contributed by atoms with Crippen molar-refractivity contribution in [3.8, 4) is 0 Å². The van der Waals surface area contributed by atoms with Gasteiger partial charge in [0, 0.05) is 4.75 Å². The molecule has 0 bridgehead atoms. The molecule has 3 heteroatoms. The molecule has 0 radical (unpaired) electrons. The van der Waals surface area contributed by atoms with Crippen LogP contribution in [0.5, 0.6) is 0 Å². The number of ketones is 1. The molecule has 0 aromatic carbocycles. The molecular formula is C12H25NOS. The fourth-order valence-electron chi connectivity index (χ4n) is 2.42. The van der Waals surface area contributed by atoms with Gasteiger partial charge >= 0.3 is 0 Å². The second-order valence-corrected chi connectivity index (χ2v) is 6.97. The average molecular weight is 231 g/mol. The van der Waals surface area contributed by atoms with Crippen LogP contribution in [0.3, 0.4) is 0 Å². The summed E-state index contributed by atoms with van der Waals surface area (Å²) in [7, 11) is 1.86. The van der Waals surface area contributed by atoms with E-state index >= 15 is 0 Å². The van der Waals surface area contributed by atoms with Crippen molar-refractivity contribution in [1.82, 2.24) is 5.32 Å². The molecule has 0 aliphatic carbocycles. The summed E-state index contributed by atoms with van der Waals surface area (Å²) in [6.45, 7) is 10.4. The minimum Gasteiger partial charge on any atom is -0.310 e. The van der Waals surface area contributed by atoms with Crippen LogP contribution in [-0.4, -0.2) is 29.9 Å². The summed E-state index contributed by atoms with van der Waals surface area (Å²) >= 11 is 1.85. The molecule has 90 valence electrons. The monoisotopic (exact) mass is 231 g/mol. The largest absolute Gasteiger partial charge is 0.310 e. The molecule has 15 heavy (non-hydrogen) atoms. The Kier molecular flexibility index (Phi) is 5.34. The van der Waals surface area contributed by atoms with Crippen molar-refractivity contribution in [2.45, 2.75) is 51.8 Å². The lowest BCUT2D eigenvalue weighted by molar-refractivity contribution is -0.121. The van der Waals surface area contributed by atoms with Gasteiger partial charge in [0.1, 0.15) is 5.78 Å². The van der Waals surface area contributed by atoms with Gasteiger partial charge in [-0.2, -0.15) is 11.8 Å². The van der Waals surface area contributed by atoms with Gasteiger partial charge in [-0.05, 0) is 32.1 Å². The van der Waals surface area contributed by atoms with Gasteiger partial charge in [-0.15, -0.1) is 0 Å². The first-order valence-corrected chi connectivity index (χ1v) is 6.61. The minimum absolute atomic E-state index is 0.00685. The van der Waals surface area contributed by atoms with E-state index in [1.165, 1.54) is 0 Å². The van der Waals surface area contributed by atoms with Crippen molar-refractivity contribution >= 4 is 17.5 Å². The number of Topliss-reactive ketones (excluding diaryl/α,β-unsaturated/α-hetero) is 1. The molecule has 0 aliphatic rings. The SMILES string of the molecule is CNC(C(C)=O)C(C)(C)CC(C)(C)SC. The van der Waals surface area contributed by atoms with Gasteiger partial charge in [0.2, 0.25) is 0 Å². The van der Waals surface area contributed by atoms with Crippen molar-refractivity contribution in [1.29, 1.82) is 0 Å². The van der Waals surface area contributed by atoms with Crippen LogP contribution in [0.15, 0.2) is 0 Å². The minimum atomic E-state index is -0.0519. The summed E-state index contributed by atoms with van der Waals surface area (Å²) in [5, 5.41) is 3.13. The third-order valence-corrected chi connectivity index (χ3v) is 4.16. The number of hydrogen-bond donors (Lipinski definition) is 1. The summed E-state index contributed by atoms with van der Waals surface area (Å²) in [5.41, 5.74) is -0.00685. The number of thioether (sulfide) groups is 1. The van der Waals surface area contributed by atoms with E-state index in [1.54, 1.807) is 6.92 Å². The molecule has 0 aromatic rings. The Hall–Kier alpha value is -0.0200. The van der Waals surface area contributed by atoms with E-state index in [2.05, 4.69) is 39.3 Å². The molecule has 0 fully saturated rings. The van der Waals surface area contributed by atoms with Crippen molar-refractivity contribution < 1.29 is 4.79 Å². The Balaban J connectivity index is 4.72. The highest BCUT2D eigenvalue weighted by molar-refractivity contribution is 7.99. The average Bonchev–Trinajstić information content (AvgIpc) is 2.01. The second kappa shape index (κ2) is 5.35.